The van der Waals surface area contributed by atoms with Crippen LogP contribution < -0.4 is 10.2 Å². The third kappa shape index (κ3) is 4.05. The van der Waals surface area contributed by atoms with E-state index >= 15 is 0 Å². The number of hydrogen-bond acceptors (Lipinski definition) is 8. The Hall–Kier alpha value is -2.99. The Balaban J connectivity index is 2.47. The molecule has 0 amide bonds. The van der Waals surface area contributed by atoms with Crippen LogP contribution in [0.4, 0.5) is 23.0 Å². The van der Waals surface area contributed by atoms with E-state index in [1.807, 2.05) is 24.3 Å². The van der Waals surface area contributed by atoms with E-state index in [0.717, 1.165) is 9.90 Å². The van der Waals surface area contributed by atoms with Crippen LogP contribution in [0.3, 0.4) is 0 Å². The molecule has 10 heteroatoms. The van der Waals surface area contributed by atoms with Gasteiger partial charge in [-0.2, -0.15) is 10.5 Å². The molecule has 0 aliphatic heterocycles. The number of aromatic nitrogens is 2. The Morgan fingerprint density at radius 2 is 1.83 bits per heavy atom. The summed E-state index contributed by atoms with van der Waals surface area (Å²) in [5, 5.41) is 32.1. The van der Waals surface area contributed by atoms with E-state index in [9.17, 15) is 10.1 Å². The predicted octanol–water partition coefficient (Wildman–Crippen LogP) is 2.59. The summed E-state index contributed by atoms with van der Waals surface area (Å²) >= 11 is 2.15. The lowest BCUT2D eigenvalue weighted by molar-refractivity contribution is -0.383. The van der Waals surface area contributed by atoms with Gasteiger partial charge in [-0.05, 0) is 46.9 Å². The van der Waals surface area contributed by atoms with Gasteiger partial charge < -0.3 is 10.2 Å². The standard InChI is InChI=1S/C14H10IN7O2/c15-10-1-3-11(4-2-10)20-13-12(22(23)24)14(19-9-18-13)21(7-5-16)8-6-17/h1-4,9H,7-8H2,(H,18,19,20). The molecule has 0 radical (unpaired) electrons. The number of anilines is 3. The summed E-state index contributed by atoms with van der Waals surface area (Å²) in [6.07, 6.45) is 1.15. The van der Waals surface area contributed by atoms with Gasteiger partial charge in [-0.25, -0.2) is 9.97 Å². The molecule has 9 nitrogen and oxygen atoms in total. The first-order chi connectivity index (χ1) is 11.6. The maximum atomic E-state index is 11.5. The summed E-state index contributed by atoms with van der Waals surface area (Å²) in [7, 11) is 0. The van der Waals surface area contributed by atoms with Crippen molar-refractivity contribution >= 4 is 45.6 Å². The minimum atomic E-state index is -0.633. The van der Waals surface area contributed by atoms with E-state index < -0.39 is 4.92 Å². The monoisotopic (exact) mass is 435 g/mol. The number of nitro groups is 1. The van der Waals surface area contributed by atoms with Gasteiger partial charge in [0.2, 0.25) is 11.6 Å². The van der Waals surface area contributed by atoms with Crippen LogP contribution in [0.2, 0.25) is 0 Å². The Kier molecular flexibility index (Phi) is 5.81. The third-order valence-electron chi connectivity index (χ3n) is 2.92. The quantitative estimate of drug-likeness (QED) is 0.317. The lowest BCUT2D eigenvalue weighted by atomic mass is 10.3. The van der Waals surface area contributed by atoms with Crippen LogP contribution >= 0.6 is 22.6 Å². The summed E-state index contributed by atoms with van der Waals surface area (Å²) in [6, 6.07) is 10.9. The predicted molar refractivity (Wildman–Crippen MR) is 94.6 cm³/mol. The highest BCUT2D eigenvalue weighted by atomic mass is 127. The Labute approximate surface area is 150 Å². The molecule has 0 saturated carbocycles. The molecular weight excluding hydrogens is 425 g/mol. The minimum absolute atomic E-state index is 0.00733. The number of benzene rings is 1. The average Bonchev–Trinajstić information content (AvgIpc) is 2.56. The molecule has 0 spiro atoms. The van der Waals surface area contributed by atoms with Crippen molar-refractivity contribution in [3.8, 4) is 12.1 Å². The highest BCUT2D eigenvalue weighted by Crippen LogP contribution is 2.33. The highest BCUT2D eigenvalue weighted by molar-refractivity contribution is 14.1. The molecule has 120 valence electrons. The van der Waals surface area contributed by atoms with Crippen LogP contribution in [-0.2, 0) is 0 Å². The molecule has 0 aliphatic rings. The second-order valence-electron chi connectivity index (χ2n) is 4.46. The lowest BCUT2D eigenvalue weighted by Crippen LogP contribution is -2.26. The molecule has 0 fully saturated rings. The van der Waals surface area contributed by atoms with Crippen LogP contribution in [0.25, 0.3) is 0 Å². The first-order valence-electron chi connectivity index (χ1n) is 6.57. The Morgan fingerprint density at radius 3 is 2.38 bits per heavy atom. The number of nitrogens with zero attached hydrogens (tertiary/aromatic N) is 6. The molecule has 0 unspecified atom stereocenters. The van der Waals surface area contributed by atoms with Crippen molar-refractivity contribution in [3.63, 3.8) is 0 Å². The van der Waals surface area contributed by atoms with Crippen LogP contribution in [0.5, 0.6) is 0 Å². The van der Waals surface area contributed by atoms with Gasteiger partial charge >= 0.3 is 5.69 Å². The fourth-order valence-corrected chi connectivity index (χ4v) is 2.27. The molecule has 0 aliphatic carbocycles. The smallest absolute Gasteiger partial charge is 0.334 e. The van der Waals surface area contributed by atoms with Crippen molar-refractivity contribution in [1.82, 2.24) is 9.97 Å². The first-order valence-corrected chi connectivity index (χ1v) is 7.65. The fraction of sp³-hybridized carbons (Fsp3) is 0.143. The van der Waals surface area contributed by atoms with Gasteiger partial charge in [0.25, 0.3) is 0 Å². The zero-order chi connectivity index (χ0) is 17.5. The molecule has 0 bridgehead atoms. The van der Waals surface area contributed by atoms with Crippen LogP contribution in [0.1, 0.15) is 0 Å². The summed E-state index contributed by atoms with van der Waals surface area (Å²) in [5.41, 5.74) is 0.233. The number of rotatable bonds is 6. The van der Waals surface area contributed by atoms with E-state index in [1.165, 1.54) is 4.90 Å². The van der Waals surface area contributed by atoms with E-state index in [1.54, 1.807) is 12.1 Å². The van der Waals surface area contributed by atoms with Crippen molar-refractivity contribution in [2.24, 2.45) is 0 Å². The molecule has 1 heterocycles. The van der Waals surface area contributed by atoms with E-state index in [2.05, 4.69) is 37.9 Å². The van der Waals surface area contributed by atoms with Crippen LogP contribution in [0.15, 0.2) is 30.6 Å². The normalized spacial score (nSPS) is 9.62. The Morgan fingerprint density at radius 1 is 1.21 bits per heavy atom. The van der Waals surface area contributed by atoms with Crippen molar-refractivity contribution in [2.75, 3.05) is 23.3 Å². The van der Waals surface area contributed by atoms with E-state index in [-0.39, 0.29) is 30.4 Å². The topological polar surface area (TPSA) is 132 Å². The number of halogens is 1. The van der Waals surface area contributed by atoms with Crippen LogP contribution in [0, 0.1) is 36.3 Å². The first kappa shape index (κ1) is 17.4. The molecule has 1 aromatic heterocycles. The van der Waals surface area contributed by atoms with Crippen LogP contribution in [-0.4, -0.2) is 28.0 Å². The van der Waals surface area contributed by atoms with Gasteiger partial charge in [0, 0.05) is 9.26 Å². The summed E-state index contributed by atoms with van der Waals surface area (Å²) in [6.45, 7) is -0.400. The van der Waals surface area contributed by atoms with Crippen molar-refractivity contribution in [1.29, 1.82) is 10.5 Å². The molecule has 2 rings (SSSR count). The molecule has 1 N–H and O–H groups in total. The number of nitriles is 2. The molecule has 0 atom stereocenters. The van der Waals surface area contributed by atoms with Gasteiger partial charge in [-0.3, -0.25) is 10.1 Å². The lowest BCUT2D eigenvalue weighted by Gasteiger charge is -2.17. The van der Waals surface area contributed by atoms with Gasteiger partial charge in [-0.1, -0.05) is 0 Å². The number of nitrogens with one attached hydrogen (secondary N) is 1. The van der Waals surface area contributed by atoms with Crippen molar-refractivity contribution < 1.29 is 4.92 Å². The SMILES string of the molecule is N#CCN(CC#N)c1ncnc(Nc2ccc(I)cc2)c1[N+](=O)[O-]. The zero-order valence-electron chi connectivity index (χ0n) is 12.2. The van der Waals surface area contributed by atoms with Gasteiger partial charge in [0.15, 0.2) is 0 Å². The molecule has 0 saturated heterocycles. The highest BCUT2D eigenvalue weighted by Gasteiger charge is 2.27. The number of hydrogen-bond donors (Lipinski definition) is 1. The zero-order valence-corrected chi connectivity index (χ0v) is 14.3. The minimum Gasteiger partial charge on any atom is -0.334 e. The van der Waals surface area contributed by atoms with Gasteiger partial charge in [0.1, 0.15) is 19.4 Å². The largest absolute Gasteiger partial charge is 0.353 e. The van der Waals surface area contributed by atoms with Crippen molar-refractivity contribution in [2.45, 2.75) is 0 Å². The van der Waals surface area contributed by atoms with E-state index in [0.29, 0.717) is 5.69 Å². The maximum Gasteiger partial charge on any atom is 0.353 e. The summed E-state index contributed by atoms with van der Waals surface area (Å²) in [4.78, 5) is 19.9. The fourth-order valence-electron chi connectivity index (χ4n) is 1.91. The molecule has 2 aromatic rings. The average molecular weight is 435 g/mol. The second kappa shape index (κ2) is 8.03. The summed E-state index contributed by atoms with van der Waals surface area (Å²) in [5.74, 6) is -0.0850. The molecular formula is C14H10IN7O2. The molecule has 1 aromatic carbocycles. The van der Waals surface area contributed by atoms with Crippen molar-refractivity contribution in [3.05, 3.63) is 44.3 Å². The second-order valence-corrected chi connectivity index (χ2v) is 5.70. The third-order valence-corrected chi connectivity index (χ3v) is 3.63. The summed E-state index contributed by atoms with van der Waals surface area (Å²) < 4.78 is 1.02. The van der Waals surface area contributed by atoms with Gasteiger partial charge in [0.05, 0.1) is 17.1 Å². The van der Waals surface area contributed by atoms with Gasteiger partial charge in [-0.15, -0.1) is 0 Å². The maximum absolute atomic E-state index is 11.5. The Bertz CT molecular complexity index is 810. The van der Waals surface area contributed by atoms with E-state index in [4.69, 9.17) is 10.5 Å². The molecule has 24 heavy (non-hydrogen) atoms.